The molecule has 0 atom stereocenters. The van der Waals surface area contributed by atoms with Crippen LogP contribution in [0, 0.1) is 0 Å². The van der Waals surface area contributed by atoms with E-state index in [0.717, 1.165) is 39.0 Å². The van der Waals surface area contributed by atoms with E-state index in [9.17, 15) is 0 Å². The van der Waals surface area contributed by atoms with Crippen molar-refractivity contribution in [1.82, 2.24) is 5.32 Å². The van der Waals surface area contributed by atoms with Crippen LogP contribution < -0.4 is 5.32 Å². The fraction of sp³-hybridized carbons (Fsp3) is 1.00. The molecular formula is C12H24ClNO2. The Morgan fingerprint density at radius 2 is 2.00 bits per heavy atom. The zero-order valence-electron chi connectivity index (χ0n) is 10.6. The molecule has 1 aliphatic heterocycles. The zero-order chi connectivity index (χ0) is 12.1. The lowest BCUT2D eigenvalue weighted by Crippen LogP contribution is -2.52. The Morgan fingerprint density at radius 1 is 1.38 bits per heavy atom. The highest BCUT2D eigenvalue weighted by atomic mass is 35.5. The third-order valence-corrected chi connectivity index (χ3v) is 4.00. The lowest BCUT2D eigenvalue weighted by Gasteiger charge is -2.37. The normalized spacial score (nSPS) is 21.0. The Morgan fingerprint density at radius 3 is 2.50 bits per heavy atom. The Balaban J connectivity index is 2.33. The van der Waals surface area contributed by atoms with Gasteiger partial charge < -0.3 is 14.8 Å². The summed E-state index contributed by atoms with van der Waals surface area (Å²) in [5, 5.41) is 3.58. The van der Waals surface area contributed by atoms with Crippen LogP contribution in [0.1, 0.15) is 33.1 Å². The summed E-state index contributed by atoms with van der Waals surface area (Å²) in [5.74, 6) is 0.657. The number of methoxy groups -OCH3 is 1. The lowest BCUT2D eigenvalue weighted by molar-refractivity contribution is 0.00926. The molecule has 0 unspecified atom stereocenters. The molecule has 1 saturated heterocycles. The molecule has 0 aromatic heterocycles. The summed E-state index contributed by atoms with van der Waals surface area (Å²) in [7, 11) is 1.76. The van der Waals surface area contributed by atoms with Gasteiger partial charge in [0.05, 0.1) is 5.60 Å². The smallest absolute Gasteiger partial charge is 0.0634 e. The van der Waals surface area contributed by atoms with Crippen molar-refractivity contribution in [2.75, 3.05) is 32.7 Å². The zero-order valence-corrected chi connectivity index (χ0v) is 11.4. The maximum Gasteiger partial charge on any atom is 0.0634 e. The fourth-order valence-electron chi connectivity index (χ4n) is 1.85. The minimum Gasteiger partial charge on any atom is -0.381 e. The Kier molecular flexibility index (Phi) is 5.51. The van der Waals surface area contributed by atoms with Crippen molar-refractivity contribution in [1.29, 1.82) is 0 Å². The molecule has 0 amide bonds. The van der Waals surface area contributed by atoms with Gasteiger partial charge in [-0.05, 0) is 39.7 Å². The van der Waals surface area contributed by atoms with E-state index in [1.165, 1.54) is 0 Å². The summed E-state index contributed by atoms with van der Waals surface area (Å²) in [4.78, 5) is 0. The number of alkyl halides is 1. The van der Waals surface area contributed by atoms with Crippen LogP contribution in [0.3, 0.4) is 0 Å². The van der Waals surface area contributed by atoms with Crippen molar-refractivity contribution in [2.24, 2.45) is 0 Å². The van der Waals surface area contributed by atoms with E-state index in [1.54, 1.807) is 7.11 Å². The minimum absolute atomic E-state index is 0.0638. The third kappa shape index (κ3) is 4.21. The standard InChI is InChI=1S/C12H24ClNO2/c1-11(2,15-3)4-7-14-12(10-13)5-8-16-9-6-12/h14H,4-10H2,1-3H3. The molecule has 1 rings (SSSR count). The Bertz CT molecular complexity index is 203. The number of hydrogen-bond acceptors (Lipinski definition) is 3. The average molecular weight is 250 g/mol. The molecule has 0 aromatic carbocycles. The highest BCUT2D eigenvalue weighted by Gasteiger charge is 2.31. The van der Waals surface area contributed by atoms with Crippen molar-refractivity contribution in [3.63, 3.8) is 0 Å². The predicted octanol–water partition coefficient (Wildman–Crippen LogP) is 2.18. The maximum atomic E-state index is 6.07. The molecule has 0 spiro atoms. The van der Waals surface area contributed by atoms with Gasteiger partial charge >= 0.3 is 0 Å². The molecule has 0 aliphatic carbocycles. The Labute approximate surface area is 104 Å². The van der Waals surface area contributed by atoms with E-state index in [-0.39, 0.29) is 11.1 Å². The molecular weight excluding hydrogens is 226 g/mol. The second-order valence-electron chi connectivity index (χ2n) is 5.17. The van der Waals surface area contributed by atoms with Gasteiger partial charge in [0.25, 0.3) is 0 Å². The molecule has 1 aliphatic rings. The summed E-state index contributed by atoms with van der Waals surface area (Å²) in [6.45, 7) is 6.77. The fourth-order valence-corrected chi connectivity index (χ4v) is 2.21. The van der Waals surface area contributed by atoms with Gasteiger partial charge in [-0.15, -0.1) is 11.6 Å². The monoisotopic (exact) mass is 249 g/mol. The summed E-state index contributed by atoms with van der Waals surface area (Å²) in [6.07, 6.45) is 3.00. The Hall–Kier alpha value is 0.170. The van der Waals surface area contributed by atoms with E-state index in [4.69, 9.17) is 21.1 Å². The molecule has 3 nitrogen and oxygen atoms in total. The predicted molar refractivity (Wildman–Crippen MR) is 67.2 cm³/mol. The second kappa shape index (κ2) is 6.20. The summed E-state index contributed by atoms with van der Waals surface area (Å²) < 4.78 is 10.8. The number of rotatable bonds is 6. The average Bonchev–Trinajstić information content (AvgIpc) is 2.30. The van der Waals surface area contributed by atoms with Gasteiger partial charge in [-0.25, -0.2) is 0 Å². The lowest BCUT2D eigenvalue weighted by atomic mass is 9.91. The first-order valence-electron chi connectivity index (χ1n) is 5.97. The van der Waals surface area contributed by atoms with Crippen LogP contribution in [0.2, 0.25) is 0 Å². The highest BCUT2D eigenvalue weighted by Crippen LogP contribution is 2.23. The maximum absolute atomic E-state index is 6.07. The quantitative estimate of drug-likeness (QED) is 0.732. The molecule has 1 fully saturated rings. The van der Waals surface area contributed by atoms with Crippen LogP contribution in [-0.4, -0.2) is 43.9 Å². The van der Waals surface area contributed by atoms with E-state index < -0.39 is 0 Å². The first kappa shape index (κ1) is 14.2. The summed E-state index contributed by atoms with van der Waals surface area (Å²) in [5.41, 5.74) is 0.00922. The van der Waals surface area contributed by atoms with Gasteiger partial charge in [-0.3, -0.25) is 0 Å². The number of nitrogens with one attached hydrogen (secondary N) is 1. The van der Waals surface area contributed by atoms with Crippen molar-refractivity contribution in [3.05, 3.63) is 0 Å². The van der Waals surface area contributed by atoms with Gasteiger partial charge in [0.15, 0.2) is 0 Å². The topological polar surface area (TPSA) is 30.5 Å². The van der Waals surface area contributed by atoms with Gasteiger partial charge in [-0.1, -0.05) is 0 Å². The molecule has 0 bridgehead atoms. The van der Waals surface area contributed by atoms with Gasteiger partial charge in [0.2, 0.25) is 0 Å². The van der Waals surface area contributed by atoms with E-state index >= 15 is 0 Å². The van der Waals surface area contributed by atoms with Gasteiger partial charge in [-0.2, -0.15) is 0 Å². The molecule has 4 heteroatoms. The van der Waals surface area contributed by atoms with Crippen LogP contribution in [0.4, 0.5) is 0 Å². The molecule has 1 N–H and O–H groups in total. The number of halogens is 1. The molecule has 0 saturated carbocycles. The van der Waals surface area contributed by atoms with Crippen molar-refractivity contribution in [2.45, 2.75) is 44.2 Å². The van der Waals surface area contributed by atoms with Crippen LogP contribution in [0.5, 0.6) is 0 Å². The largest absolute Gasteiger partial charge is 0.381 e. The number of hydrogen-bond donors (Lipinski definition) is 1. The second-order valence-corrected chi connectivity index (χ2v) is 5.43. The van der Waals surface area contributed by atoms with Gasteiger partial charge in [0, 0.05) is 31.7 Å². The first-order chi connectivity index (χ1) is 7.54. The molecule has 0 aromatic rings. The van der Waals surface area contributed by atoms with E-state index in [0.29, 0.717) is 5.88 Å². The first-order valence-corrected chi connectivity index (χ1v) is 6.51. The van der Waals surface area contributed by atoms with Gasteiger partial charge in [0.1, 0.15) is 0 Å². The summed E-state index contributed by atoms with van der Waals surface area (Å²) in [6, 6.07) is 0. The highest BCUT2D eigenvalue weighted by molar-refractivity contribution is 6.18. The van der Waals surface area contributed by atoms with Crippen LogP contribution >= 0.6 is 11.6 Å². The molecule has 0 radical (unpaired) electrons. The minimum atomic E-state index is -0.0638. The van der Waals surface area contributed by atoms with Crippen molar-refractivity contribution >= 4 is 11.6 Å². The van der Waals surface area contributed by atoms with Crippen LogP contribution in [0.15, 0.2) is 0 Å². The van der Waals surface area contributed by atoms with Crippen LogP contribution in [-0.2, 0) is 9.47 Å². The third-order valence-electron chi connectivity index (χ3n) is 3.49. The molecule has 16 heavy (non-hydrogen) atoms. The van der Waals surface area contributed by atoms with E-state index in [1.807, 2.05) is 0 Å². The molecule has 1 heterocycles. The molecule has 96 valence electrons. The van der Waals surface area contributed by atoms with Crippen molar-refractivity contribution in [3.8, 4) is 0 Å². The van der Waals surface area contributed by atoms with Crippen LogP contribution in [0.25, 0.3) is 0 Å². The number of ether oxygens (including phenoxy) is 2. The van der Waals surface area contributed by atoms with E-state index in [2.05, 4.69) is 19.2 Å². The SMILES string of the molecule is COC(C)(C)CCNC1(CCl)CCOCC1. The summed E-state index contributed by atoms with van der Waals surface area (Å²) >= 11 is 6.07. The van der Waals surface area contributed by atoms with Crippen molar-refractivity contribution < 1.29 is 9.47 Å².